The molecule has 0 aliphatic rings. The van der Waals surface area contributed by atoms with Gasteiger partial charge in [-0.15, -0.1) is 0 Å². The van der Waals surface area contributed by atoms with Crippen molar-refractivity contribution in [3.63, 3.8) is 0 Å². The summed E-state index contributed by atoms with van der Waals surface area (Å²) in [5, 5.41) is 10.2. The molecule has 96 valence electrons. The number of hydrogen-bond acceptors (Lipinski definition) is 2. The van der Waals surface area contributed by atoms with Gasteiger partial charge in [0.2, 0.25) is 0 Å². The van der Waals surface area contributed by atoms with Gasteiger partial charge >= 0.3 is 12.3 Å². The summed E-state index contributed by atoms with van der Waals surface area (Å²) >= 11 is 0. The van der Waals surface area contributed by atoms with Crippen molar-refractivity contribution < 1.29 is 22.4 Å². The third kappa shape index (κ3) is 3.45. The molecule has 1 aromatic rings. The van der Waals surface area contributed by atoms with Gasteiger partial charge in [-0.25, -0.2) is 8.78 Å². The fourth-order valence-electron chi connectivity index (χ4n) is 1.07. The summed E-state index contributed by atoms with van der Waals surface area (Å²) in [5.74, 6) is -5.16. The lowest BCUT2D eigenvalue weighted by Crippen LogP contribution is -2.41. The van der Waals surface area contributed by atoms with Crippen LogP contribution in [-0.4, -0.2) is 24.8 Å². The van der Waals surface area contributed by atoms with Crippen LogP contribution >= 0.6 is 0 Å². The number of hydrogen-bond donors (Lipinski definition) is 1. The molecule has 0 saturated heterocycles. The van der Waals surface area contributed by atoms with E-state index in [-0.39, 0.29) is 5.56 Å². The predicted octanol–water partition coefficient (Wildman–Crippen LogP) is 2.19. The van der Waals surface area contributed by atoms with Gasteiger partial charge < -0.3 is 5.32 Å². The Labute approximate surface area is 100 Å². The zero-order valence-corrected chi connectivity index (χ0v) is 8.96. The van der Waals surface area contributed by atoms with Gasteiger partial charge in [0.1, 0.15) is 0 Å². The van der Waals surface area contributed by atoms with Gasteiger partial charge in [-0.05, 0) is 24.3 Å². The smallest absolute Gasteiger partial charge is 0.324 e. The molecule has 18 heavy (non-hydrogen) atoms. The lowest BCUT2D eigenvalue weighted by Gasteiger charge is -2.15. The quantitative estimate of drug-likeness (QED) is 0.843. The Morgan fingerprint density at radius 2 is 1.89 bits per heavy atom. The van der Waals surface area contributed by atoms with E-state index >= 15 is 0 Å². The van der Waals surface area contributed by atoms with E-state index in [2.05, 4.69) is 0 Å². The van der Waals surface area contributed by atoms with E-state index in [1.54, 1.807) is 5.32 Å². The van der Waals surface area contributed by atoms with E-state index in [1.165, 1.54) is 24.3 Å². The number of benzene rings is 1. The average Bonchev–Trinajstić information content (AvgIpc) is 2.36. The number of nitrogens with one attached hydrogen (secondary N) is 1. The van der Waals surface area contributed by atoms with Crippen LogP contribution in [0.4, 0.5) is 17.6 Å². The van der Waals surface area contributed by atoms with Crippen molar-refractivity contribution in [2.45, 2.75) is 12.3 Å². The van der Waals surface area contributed by atoms with Crippen molar-refractivity contribution in [3.05, 3.63) is 35.4 Å². The topological polar surface area (TPSA) is 52.9 Å². The first kappa shape index (κ1) is 14.0. The third-order valence-corrected chi connectivity index (χ3v) is 2.08. The highest BCUT2D eigenvalue weighted by molar-refractivity contribution is 5.94. The maximum atomic E-state index is 12.5. The van der Waals surface area contributed by atoms with Gasteiger partial charge in [0.15, 0.2) is 0 Å². The summed E-state index contributed by atoms with van der Waals surface area (Å²) in [6.07, 6.45) is -3.83. The largest absolute Gasteiger partial charge is 0.346 e. The predicted molar refractivity (Wildman–Crippen MR) is 54.4 cm³/mol. The lowest BCUT2D eigenvalue weighted by atomic mass is 10.1. The minimum absolute atomic E-state index is 0.0130. The molecule has 1 rings (SSSR count). The van der Waals surface area contributed by atoms with Crippen molar-refractivity contribution in [2.75, 3.05) is 6.54 Å². The van der Waals surface area contributed by atoms with E-state index in [0.717, 1.165) is 0 Å². The van der Waals surface area contributed by atoms with E-state index in [1.807, 2.05) is 6.07 Å². The van der Waals surface area contributed by atoms with E-state index in [4.69, 9.17) is 5.26 Å². The molecule has 1 amide bonds. The summed E-state index contributed by atoms with van der Waals surface area (Å²) in [5.41, 5.74) is 0.309. The Morgan fingerprint density at radius 3 is 2.33 bits per heavy atom. The van der Waals surface area contributed by atoms with Crippen LogP contribution in [0.1, 0.15) is 15.9 Å². The second-order valence-corrected chi connectivity index (χ2v) is 3.43. The van der Waals surface area contributed by atoms with Crippen molar-refractivity contribution in [3.8, 4) is 6.07 Å². The Bertz CT molecular complexity index is 465. The van der Waals surface area contributed by atoms with Crippen LogP contribution in [0.3, 0.4) is 0 Å². The Morgan fingerprint density at radius 1 is 1.33 bits per heavy atom. The van der Waals surface area contributed by atoms with Gasteiger partial charge in [0, 0.05) is 5.56 Å². The highest BCUT2D eigenvalue weighted by Gasteiger charge is 2.40. The summed E-state index contributed by atoms with van der Waals surface area (Å²) in [6.45, 7) is -1.44. The average molecular weight is 260 g/mol. The Kier molecular flexibility index (Phi) is 4.26. The molecule has 0 aromatic heterocycles. The molecular formula is C11H8F4N2O. The minimum atomic E-state index is -4.26. The summed E-state index contributed by atoms with van der Waals surface area (Å²) in [7, 11) is 0. The maximum absolute atomic E-state index is 12.5. The third-order valence-electron chi connectivity index (χ3n) is 2.08. The maximum Gasteiger partial charge on any atom is 0.324 e. The number of rotatable bonds is 4. The molecule has 1 aromatic carbocycles. The van der Waals surface area contributed by atoms with Crippen LogP contribution in [0.2, 0.25) is 0 Å². The molecule has 0 aliphatic heterocycles. The molecule has 0 saturated carbocycles. The van der Waals surface area contributed by atoms with Gasteiger partial charge in [-0.3, -0.25) is 4.79 Å². The molecule has 0 bridgehead atoms. The van der Waals surface area contributed by atoms with Gasteiger partial charge in [-0.1, -0.05) is 0 Å². The SMILES string of the molecule is N#Cc1ccc(C(=O)NCC(F)(F)C(F)F)cc1. The standard InChI is InChI=1S/C11H8F4N2O/c12-10(13)11(14,15)6-17-9(18)8-3-1-7(5-16)2-4-8/h1-4,10H,6H2,(H,17,18). The zero-order chi connectivity index (χ0) is 13.8. The van der Waals surface area contributed by atoms with Crippen LogP contribution in [0, 0.1) is 11.3 Å². The van der Waals surface area contributed by atoms with Crippen molar-refractivity contribution in [1.29, 1.82) is 5.26 Å². The number of amides is 1. The molecule has 0 aliphatic carbocycles. The molecule has 0 spiro atoms. The van der Waals surface area contributed by atoms with Crippen LogP contribution < -0.4 is 5.32 Å². The van der Waals surface area contributed by atoms with Gasteiger partial charge in [0.05, 0.1) is 18.2 Å². The molecular weight excluding hydrogens is 252 g/mol. The zero-order valence-electron chi connectivity index (χ0n) is 8.96. The van der Waals surface area contributed by atoms with Crippen molar-refractivity contribution in [2.24, 2.45) is 0 Å². The summed E-state index contributed by atoms with van der Waals surface area (Å²) < 4.78 is 48.7. The first-order valence-electron chi connectivity index (χ1n) is 4.81. The highest BCUT2D eigenvalue weighted by Crippen LogP contribution is 2.21. The summed E-state index contributed by atoms with van der Waals surface area (Å²) in [4.78, 5) is 11.3. The monoisotopic (exact) mass is 260 g/mol. The normalized spacial score (nSPS) is 11.1. The fraction of sp³-hybridized carbons (Fsp3) is 0.273. The van der Waals surface area contributed by atoms with Crippen LogP contribution in [0.5, 0.6) is 0 Å². The molecule has 0 radical (unpaired) electrons. The first-order valence-corrected chi connectivity index (χ1v) is 4.81. The van der Waals surface area contributed by atoms with E-state index < -0.39 is 24.8 Å². The fourth-order valence-corrected chi connectivity index (χ4v) is 1.07. The second kappa shape index (κ2) is 5.49. The molecule has 7 heteroatoms. The number of halogens is 4. The Balaban J connectivity index is 2.63. The number of nitrogens with zero attached hydrogens (tertiary/aromatic N) is 1. The van der Waals surface area contributed by atoms with E-state index in [0.29, 0.717) is 5.56 Å². The number of alkyl halides is 4. The van der Waals surface area contributed by atoms with Gasteiger partial charge in [-0.2, -0.15) is 14.0 Å². The van der Waals surface area contributed by atoms with Crippen LogP contribution in [0.15, 0.2) is 24.3 Å². The molecule has 3 nitrogen and oxygen atoms in total. The van der Waals surface area contributed by atoms with Crippen molar-refractivity contribution >= 4 is 5.91 Å². The van der Waals surface area contributed by atoms with Gasteiger partial charge in [0.25, 0.3) is 5.91 Å². The van der Waals surface area contributed by atoms with E-state index in [9.17, 15) is 22.4 Å². The minimum Gasteiger partial charge on any atom is -0.346 e. The number of nitriles is 1. The van der Waals surface area contributed by atoms with Crippen LogP contribution in [-0.2, 0) is 0 Å². The molecule has 0 fully saturated rings. The molecule has 0 atom stereocenters. The first-order chi connectivity index (χ1) is 8.36. The van der Waals surface area contributed by atoms with Crippen molar-refractivity contribution in [1.82, 2.24) is 5.32 Å². The van der Waals surface area contributed by atoms with Crippen LogP contribution in [0.25, 0.3) is 0 Å². The number of carbonyl (C=O) groups is 1. The molecule has 0 heterocycles. The summed E-state index contributed by atoms with van der Waals surface area (Å²) in [6, 6.07) is 6.94. The second-order valence-electron chi connectivity index (χ2n) is 3.43. The molecule has 1 N–H and O–H groups in total. The Hall–Kier alpha value is -2.10. The highest BCUT2D eigenvalue weighted by atomic mass is 19.3. The number of carbonyl (C=O) groups excluding carboxylic acids is 1. The molecule has 0 unspecified atom stereocenters. The lowest BCUT2D eigenvalue weighted by molar-refractivity contribution is -0.123.